The van der Waals surface area contributed by atoms with Gasteiger partial charge in [-0.3, -0.25) is 10.1 Å². The van der Waals surface area contributed by atoms with Crippen LogP contribution in [0.4, 0.5) is 16.2 Å². The van der Waals surface area contributed by atoms with Gasteiger partial charge in [-0.15, -0.1) is 5.10 Å². The van der Waals surface area contributed by atoms with Crippen molar-refractivity contribution in [3.63, 3.8) is 0 Å². The summed E-state index contributed by atoms with van der Waals surface area (Å²) in [5, 5.41) is 13.0. The molecular weight excluding hydrogens is 275 g/mol. The van der Waals surface area contributed by atoms with Gasteiger partial charge in [-0.1, -0.05) is 0 Å². The minimum absolute atomic E-state index is 0.0646. The Morgan fingerprint density at radius 3 is 2.71 bits per heavy atom. The van der Waals surface area contributed by atoms with Gasteiger partial charge < -0.3 is 5.32 Å². The number of anilines is 2. The molecule has 0 fully saturated rings. The molecule has 0 saturated heterocycles. The maximum absolute atomic E-state index is 13.3. The average molecular weight is 290 g/mol. The van der Waals surface area contributed by atoms with E-state index in [0.29, 0.717) is 23.8 Å². The van der Waals surface area contributed by atoms with Crippen molar-refractivity contribution in [2.45, 2.75) is 20.8 Å². The smallest absolute Gasteiger partial charge is 0.261 e. The monoisotopic (exact) mass is 290 g/mol. The fraction of sp³-hybridized carbons (Fsp3) is 0.308. The predicted molar refractivity (Wildman–Crippen MR) is 75.6 cm³/mol. The van der Waals surface area contributed by atoms with Crippen LogP contribution in [0.15, 0.2) is 12.3 Å². The van der Waals surface area contributed by atoms with E-state index in [1.165, 1.54) is 0 Å². The maximum Gasteiger partial charge on any atom is 0.261 e. The highest BCUT2D eigenvalue weighted by Gasteiger charge is 2.15. The highest BCUT2D eigenvalue weighted by Crippen LogP contribution is 2.15. The van der Waals surface area contributed by atoms with Gasteiger partial charge in [0.25, 0.3) is 5.91 Å². The molecule has 8 heteroatoms. The van der Waals surface area contributed by atoms with Gasteiger partial charge in [-0.25, -0.2) is 14.4 Å². The van der Waals surface area contributed by atoms with Crippen LogP contribution in [0.2, 0.25) is 0 Å². The van der Waals surface area contributed by atoms with Gasteiger partial charge >= 0.3 is 0 Å². The van der Waals surface area contributed by atoms with E-state index in [-0.39, 0.29) is 11.5 Å². The zero-order valence-electron chi connectivity index (χ0n) is 11.9. The number of rotatable bonds is 4. The van der Waals surface area contributed by atoms with E-state index < -0.39 is 11.7 Å². The molecule has 2 aromatic rings. The number of nitrogens with one attached hydrogen (secondary N) is 2. The molecule has 0 aliphatic heterocycles. The largest absolute Gasteiger partial charge is 0.370 e. The molecule has 2 aromatic heterocycles. The molecule has 110 valence electrons. The summed E-state index contributed by atoms with van der Waals surface area (Å²) in [7, 11) is 0. The van der Waals surface area contributed by atoms with Crippen LogP contribution in [0.25, 0.3) is 0 Å². The summed E-state index contributed by atoms with van der Waals surface area (Å²) >= 11 is 0. The number of hydrogen-bond acceptors (Lipinski definition) is 6. The van der Waals surface area contributed by atoms with Gasteiger partial charge in [-0.2, -0.15) is 5.10 Å². The first kappa shape index (κ1) is 14.8. The van der Waals surface area contributed by atoms with Crippen LogP contribution < -0.4 is 10.6 Å². The average Bonchev–Trinajstić information content (AvgIpc) is 2.45. The lowest BCUT2D eigenvalue weighted by atomic mass is 10.2. The van der Waals surface area contributed by atoms with Crippen LogP contribution in [0.1, 0.15) is 28.7 Å². The zero-order chi connectivity index (χ0) is 15.4. The molecule has 7 nitrogen and oxygen atoms in total. The fourth-order valence-corrected chi connectivity index (χ4v) is 1.60. The second kappa shape index (κ2) is 6.21. The Morgan fingerprint density at radius 2 is 2.05 bits per heavy atom. The van der Waals surface area contributed by atoms with E-state index in [4.69, 9.17) is 0 Å². The van der Waals surface area contributed by atoms with Crippen molar-refractivity contribution >= 4 is 17.7 Å². The molecule has 2 N–H and O–H groups in total. The summed E-state index contributed by atoms with van der Waals surface area (Å²) < 4.78 is 13.3. The third kappa shape index (κ3) is 3.47. The predicted octanol–water partition coefficient (Wildman–Crippen LogP) is 1.71. The van der Waals surface area contributed by atoms with Gasteiger partial charge in [0, 0.05) is 6.54 Å². The molecule has 0 aliphatic carbocycles. The number of nitrogens with zero attached hydrogens (tertiary/aromatic N) is 4. The molecule has 21 heavy (non-hydrogen) atoms. The molecule has 1 amide bonds. The first-order valence-electron chi connectivity index (χ1n) is 6.40. The molecule has 0 unspecified atom stereocenters. The van der Waals surface area contributed by atoms with Crippen molar-refractivity contribution in [2.24, 2.45) is 0 Å². The number of carbonyl (C=O) groups excluding carboxylic acids is 1. The van der Waals surface area contributed by atoms with Crippen molar-refractivity contribution in [1.29, 1.82) is 0 Å². The molecule has 0 spiro atoms. The minimum atomic E-state index is -0.596. The zero-order valence-corrected chi connectivity index (χ0v) is 11.9. The quantitative estimate of drug-likeness (QED) is 0.890. The minimum Gasteiger partial charge on any atom is -0.370 e. The third-order valence-electron chi connectivity index (χ3n) is 2.76. The third-order valence-corrected chi connectivity index (χ3v) is 2.76. The van der Waals surface area contributed by atoms with E-state index in [1.807, 2.05) is 6.92 Å². The van der Waals surface area contributed by atoms with Gasteiger partial charge in [0.05, 0.1) is 23.1 Å². The molecule has 2 rings (SSSR count). The molecule has 0 saturated carbocycles. The lowest BCUT2D eigenvalue weighted by Crippen LogP contribution is -2.18. The highest BCUT2D eigenvalue weighted by atomic mass is 19.1. The Kier molecular flexibility index (Phi) is 4.36. The number of hydrogen-bond donors (Lipinski definition) is 2. The van der Waals surface area contributed by atoms with Crippen molar-refractivity contribution in [1.82, 2.24) is 20.2 Å². The van der Waals surface area contributed by atoms with Gasteiger partial charge in [0.1, 0.15) is 11.6 Å². The van der Waals surface area contributed by atoms with Crippen LogP contribution in [0, 0.1) is 19.7 Å². The van der Waals surface area contributed by atoms with Crippen molar-refractivity contribution in [3.05, 3.63) is 35.0 Å². The maximum atomic E-state index is 13.3. The summed E-state index contributed by atoms with van der Waals surface area (Å²) in [5.74, 6) is -0.785. The SMILES string of the molecule is CCNc1ncc(F)cc1C(=O)Nc1nnc(C)c(C)n1. The van der Waals surface area contributed by atoms with Crippen LogP contribution in [0.5, 0.6) is 0 Å². The summed E-state index contributed by atoms with van der Waals surface area (Å²) in [5.41, 5.74) is 1.41. The number of aromatic nitrogens is 4. The lowest BCUT2D eigenvalue weighted by Gasteiger charge is -2.09. The molecule has 0 radical (unpaired) electrons. The van der Waals surface area contributed by atoms with Gasteiger partial charge in [0.15, 0.2) is 0 Å². The summed E-state index contributed by atoms with van der Waals surface area (Å²) in [6.07, 6.45) is 1.04. The number of carbonyl (C=O) groups is 1. The Hall–Kier alpha value is -2.64. The Bertz CT molecular complexity index is 676. The second-order valence-corrected chi connectivity index (χ2v) is 4.34. The summed E-state index contributed by atoms with van der Waals surface area (Å²) in [4.78, 5) is 20.1. The first-order valence-corrected chi connectivity index (χ1v) is 6.40. The fourth-order valence-electron chi connectivity index (χ4n) is 1.60. The summed E-state index contributed by atoms with van der Waals surface area (Å²) in [6.45, 7) is 5.93. The van der Waals surface area contributed by atoms with Crippen LogP contribution in [-0.2, 0) is 0 Å². The van der Waals surface area contributed by atoms with Crippen LogP contribution >= 0.6 is 0 Å². The number of amides is 1. The molecular formula is C13H15FN6O. The van der Waals surface area contributed by atoms with Gasteiger partial charge in [0.2, 0.25) is 5.95 Å². The Balaban J connectivity index is 2.27. The second-order valence-electron chi connectivity index (χ2n) is 4.34. The van der Waals surface area contributed by atoms with E-state index in [1.54, 1.807) is 13.8 Å². The summed E-state index contributed by atoms with van der Waals surface area (Å²) in [6, 6.07) is 1.11. The van der Waals surface area contributed by atoms with E-state index in [0.717, 1.165) is 12.3 Å². The standard InChI is InChI=1S/C13H15FN6O/c1-4-15-11-10(5-9(14)6-16-11)12(21)18-13-17-7(2)8(3)19-20-13/h5-6H,4H2,1-3H3,(H,15,16)(H,17,18,20,21). The van der Waals surface area contributed by atoms with E-state index in [2.05, 4.69) is 30.8 Å². The normalized spacial score (nSPS) is 10.3. The Morgan fingerprint density at radius 1 is 1.29 bits per heavy atom. The van der Waals surface area contributed by atoms with Gasteiger partial charge in [-0.05, 0) is 26.8 Å². The lowest BCUT2D eigenvalue weighted by molar-refractivity contribution is 0.102. The molecule has 0 bridgehead atoms. The topological polar surface area (TPSA) is 92.7 Å². The number of aryl methyl sites for hydroxylation is 2. The van der Waals surface area contributed by atoms with Crippen molar-refractivity contribution in [2.75, 3.05) is 17.2 Å². The first-order chi connectivity index (χ1) is 10.0. The molecule has 0 aromatic carbocycles. The van der Waals surface area contributed by atoms with E-state index in [9.17, 15) is 9.18 Å². The highest BCUT2D eigenvalue weighted by molar-refractivity contribution is 6.06. The van der Waals surface area contributed by atoms with Crippen molar-refractivity contribution < 1.29 is 9.18 Å². The molecule has 0 atom stereocenters. The Labute approximate surface area is 121 Å². The molecule has 0 aliphatic rings. The van der Waals surface area contributed by atoms with Crippen LogP contribution in [-0.4, -0.2) is 32.6 Å². The van der Waals surface area contributed by atoms with E-state index >= 15 is 0 Å². The van der Waals surface area contributed by atoms with Crippen LogP contribution in [0.3, 0.4) is 0 Å². The number of halogens is 1. The number of pyridine rings is 1. The molecule has 2 heterocycles. The van der Waals surface area contributed by atoms with Crippen molar-refractivity contribution in [3.8, 4) is 0 Å².